The molecule has 38 heavy (non-hydrogen) atoms. The molecule has 0 radical (unpaired) electrons. The second-order valence-corrected chi connectivity index (χ2v) is 9.02. The molecule has 9 heteroatoms. The summed E-state index contributed by atoms with van der Waals surface area (Å²) in [4.78, 5) is 28.1. The van der Waals surface area contributed by atoms with Crippen molar-refractivity contribution in [2.45, 2.75) is 6.54 Å². The highest BCUT2D eigenvalue weighted by molar-refractivity contribution is 6.11. The first-order chi connectivity index (χ1) is 18.6. The Kier molecular flexibility index (Phi) is 7.76. The number of benzene rings is 3. The minimum Gasteiger partial charge on any atom is -0.493 e. The molecule has 0 aliphatic carbocycles. The Morgan fingerprint density at radius 2 is 1.79 bits per heavy atom. The lowest BCUT2D eigenvalue weighted by Gasteiger charge is -2.26. The van der Waals surface area contributed by atoms with Crippen LogP contribution in [0.1, 0.15) is 26.3 Å². The zero-order valence-corrected chi connectivity index (χ0v) is 21.5. The zero-order valence-electron chi connectivity index (χ0n) is 21.5. The lowest BCUT2D eigenvalue weighted by Crippen LogP contribution is -2.38. The summed E-state index contributed by atoms with van der Waals surface area (Å²) in [7, 11) is 3.17. The van der Waals surface area contributed by atoms with Crippen molar-refractivity contribution < 1.29 is 28.5 Å². The summed E-state index contributed by atoms with van der Waals surface area (Å²) in [5, 5.41) is 5.79. The standard InChI is InChI=1S/C29H31N3O6/c1-35-25-5-3-4-22(27(25)36-2)21-10-11-24(26-23(21)18-30-29(26)34)31-28(33)19-6-8-20(9-7-19)38-17-14-32-12-15-37-16-13-32/h3-11H,12-18H2,1-2H3,(H,30,34)(H,31,33). The van der Waals surface area contributed by atoms with Crippen molar-refractivity contribution in [3.8, 4) is 28.4 Å². The van der Waals surface area contributed by atoms with E-state index in [1.54, 1.807) is 44.6 Å². The maximum absolute atomic E-state index is 13.1. The molecule has 0 atom stereocenters. The largest absolute Gasteiger partial charge is 0.493 e. The smallest absolute Gasteiger partial charge is 0.255 e. The van der Waals surface area contributed by atoms with Crippen molar-refractivity contribution in [1.82, 2.24) is 10.2 Å². The van der Waals surface area contributed by atoms with E-state index in [4.69, 9.17) is 18.9 Å². The lowest BCUT2D eigenvalue weighted by atomic mass is 9.94. The van der Waals surface area contributed by atoms with E-state index in [1.165, 1.54) is 0 Å². The highest BCUT2D eigenvalue weighted by Crippen LogP contribution is 2.42. The van der Waals surface area contributed by atoms with Crippen molar-refractivity contribution >= 4 is 17.5 Å². The summed E-state index contributed by atoms with van der Waals surface area (Å²) >= 11 is 0. The fourth-order valence-corrected chi connectivity index (χ4v) is 4.82. The molecule has 2 amide bonds. The second-order valence-electron chi connectivity index (χ2n) is 9.02. The third-order valence-electron chi connectivity index (χ3n) is 6.80. The molecular formula is C29H31N3O6. The predicted molar refractivity (Wildman–Crippen MR) is 143 cm³/mol. The van der Waals surface area contributed by atoms with Crippen LogP contribution < -0.4 is 24.8 Å². The van der Waals surface area contributed by atoms with Crippen molar-refractivity contribution in [1.29, 1.82) is 0 Å². The summed E-state index contributed by atoms with van der Waals surface area (Å²) in [6.07, 6.45) is 0. The molecule has 2 N–H and O–H groups in total. The number of nitrogens with zero attached hydrogens (tertiary/aromatic N) is 1. The van der Waals surface area contributed by atoms with E-state index in [-0.39, 0.29) is 11.8 Å². The summed E-state index contributed by atoms with van der Waals surface area (Å²) in [6.45, 7) is 5.09. The van der Waals surface area contributed by atoms with Gasteiger partial charge in [0.15, 0.2) is 11.5 Å². The minimum atomic E-state index is -0.307. The van der Waals surface area contributed by atoms with Crippen LogP contribution in [-0.2, 0) is 11.3 Å². The molecule has 3 aromatic carbocycles. The fourth-order valence-electron chi connectivity index (χ4n) is 4.82. The number of fused-ring (bicyclic) bond motifs is 1. The maximum atomic E-state index is 13.1. The Morgan fingerprint density at radius 1 is 1.00 bits per heavy atom. The number of carbonyl (C=O) groups is 2. The van der Waals surface area contributed by atoms with Gasteiger partial charge in [-0.05, 0) is 47.5 Å². The van der Waals surface area contributed by atoms with Gasteiger partial charge in [0.25, 0.3) is 11.8 Å². The summed E-state index contributed by atoms with van der Waals surface area (Å²) in [5.74, 6) is 1.34. The van der Waals surface area contributed by atoms with Crippen molar-refractivity contribution in [2.24, 2.45) is 0 Å². The Labute approximate surface area is 221 Å². The van der Waals surface area contributed by atoms with Gasteiger partial charge in [-0.1, -0.05) is 18.2 Å². The van der Waals surface area contributed by atoms with E-state index in [1.807, 2.05) is 24.3 Å². The molecule has 2 heterocycles. The highest BCUT2D eigenvalue weighted by Gasteiger charge is 2.28. The first-order valence-corrected chi connectivity index (χ1v) is 12.6. The zero-order chi connectivity index (χ0) is 26.5. The summed E-state index contributed by atoms with van der Waals surface area (Å²) in [6, 6.07) is 16.2. The Balaban J connectivity index is 1.30. The van der Waals surface area contributed by atoms with Gasteiger partial charge in [-0.25, -0.2) is 0 Å². The molecule has 0 aromatic heterocycles. The molecule has 1 saturated heterocycles. The number of hydrogen-bond acceptors (Lipinski definition) is 7. The normalized spacial score (nSPS) is 14.9. The molecule has 198 valence electrons. The fraction of sp³-hybridized carbons (Fsp3) is 0.310. The van der Waals surface area contributed by atoms with Crippen LogP contribution in [0, 0.1) is 0 Å². The van der Waals surface area contributed by atoms with Gasteiger partial charge in [0.1, 0.15) is 12.4 Å². The van der Waals surface area contributed by atoms with Gasteiger partial charge in [0, 0.05) is 37.3 Å². The molecule has 0 spiro atoms. The van der Waals surface area contributed by atoms with Gasteiger partial charge < -0.3 is 29.6 Å². The maximum Gasteiger partial charge on any atom is 0.255 e. The molecule has 2 aliphatic heterocycles. The van der Waals surface area contributed by atoms with Crippen LogP contribution in [0.5, 0.6) is 17.2 Å². The van der Waals surface area contributed by atoms with E-state index in [9.17, 15) is 9.59 Å². The van der Waals surface area contributed by atoms with E-state index in [0.717, 1.165) is 49.5 Å². The van der Waals surface area contributed by atoms with Crippen LogP contribution in [-0.4, -0.2) is 70.4 Å². The SMILES string of the molecule is COc1cccc(-c2ccc(NC(=O)c3ccc(OCCN4CCOCC4)cc3)c3c2CNC3=O)c1OC. The van der Waals surface area contributed by atoms with E-state index >= 15 is 0 Å². The van der Waals surface area contributed by atoms with Crippen LogP contribution >= 0.6 is 0 Å². The van der Waals surface area contributed by atoms with Gasteiger partial charge in [-0.2, -0.15) is 0 Å². The molecule has 5 rings (SSSR count). The topological polar surface area (TPSA) is 98.4 Å². The molecule has 0 unspecified atom stereocenters. The van der Waals surface area contributed by atoms with Crippen LogP contribution in [0.3, 0.4) is 0 Å². The quantitative estimate of drug-likeness (QED) is 0.448. The number of anilines is 1. The second kappa shape index (κ2) is 11.5. The number of morpholine rings is 1. The summed E-state index contributed by atoms with van der Waals surface area (Å²) < 4.78 is 22.3. The van der Waals surface area contributed by atoms with Crippen LogP contribution in [0.2, 0.25) is 0 Å². The number of amides is 2. The number of methoxy groups -OCH3 is 2. The molecule has 3 aromatic rings. The predicted octanol–water partition coefficient (Wildman–Crippen LogP) is 3.58. The Morgan fingerprint density at radius 3 is 2.53 bits per heavy atom. The highest BCUT2D eigenvalue weighted by atomic mass is 16.5. The Hall–Kier alpha value is -4.08. The van der Waals surface area contributed by atoms with Crippen LogP contribution in [0.4, 0.5) is 5.69 Å². The molecule has 0 saturated carbocycles. The number of nitrogens with one attached hydrogen (secondary N) is 2. The molecular weight excluding hydrogens is 486 g/mol. The minimum absolute atomic E-state index is 0.233. The Bertz CT molecular complexity index is 1320. The molecule has 2 aliphatic rings. The first-order valence-electron chi connectivity index (χ1n) is 12.6. The number of hydrogen-bond donors (Lipinski definition) is 2. The first kappa shape index (κ1) is 25.6. The third kappa shape index (κ3) is 5.29. The number of ether oxygens (including phenoxy) is 4. The van der Waals surface area contributed by atoms with Crippen LogP contribution in [0.25, 0.3) is 11.1 Å². The van der Waals surface area contributed by atoms with E-state index in [0.29, 0.717) is 47.2 Å². The molecule has 9 nitrogen and oxygen atoms in total. The van der Waals surface area contributed by atoms with Crippen molar-refractivity contribution in [3.05, 3.63) is 71.3 Å². The van der Waals surface area contributed by atoms with Gasteiger partial charge >= 0.3 is 0 Å². The van der Waals surface area contributed by atoms with Gasteiger partial charge in [-0.15, -0.1) is 0 Å². The number of rotatable bonds is 9. The van der Waals surface area contributed by atoms with Gasteiger partial charge in [0.05, 0.1) is 38.7 Å². The summed E-state index contributed by atoms with van der Waals surface area (Å²) in [5.41, 5.74) is 3.81. The van der Waals surface area contributed by atoms with Crippen LogP contribution in [0.15, 0.2) is 54.6 Å². The van der Waals surface area contributed by atoms with Gasteiger partial charge in [0.2, 0.25) is 0 Å². The number of carbonyl (C=O) groups excluding carboxylic acids is 2. The van der Waals surface area contributed by atoms with Crippen molar-refractivity contribution in [2.75, 3.05) is 59.0 Å². The average Bonchev–Trinajstić information content (AvgIpc) is 3.35. The van der Waals surface area contributed by atoms with Crippen molar-refractivity contribution in [3.63, 3.8) is 0 Å². The van der Waals surface area contributed by atoms with E-state index in [2.05, 4.69) is 15.5 Å². The van der Waals surface area contributed by atoms with Gasteiger partial charge in [-0.3, -0.25) is 14.5 Å². The average molecular weight is 518 g/mol. The molecule has 1 fully saturated rings. The number of para-hydroxylation sites is 1. The lowest BCUT2D eigenvalue weighted by molar-refractivity contribution is 0.0322. The third-order valence-corrected chi connectivity index (χ3v) is 6.80. The monoisotopic (exact) mass is 517 g/mol. The van der Waals surface area contributed by atoms with E-state index < -0.39 is 0 Å². The molecule has 0 bridgehead atoms.